The van der Waals surface area contributed by atoms with Crippen molar-refractivity contribution >= 4 is 11.6 Å². The van der Waals surface area contributed by atoms with Crippen molar-refractivity contribution < 1.29 is 14.3 Å². The monoisotopic (exact) mass is 184 g/mol. The van der Waals surface area contributed by atoms with Crippen LogP contribution in [0.15, 0.2) is 0 Å². The average Bonchev–Trinajstić information content (AvgIpc) is 2.09. The number of ketones is 2. The van der Waals surface area contributed by atoms with E-state index in [1.807, 2.05) is 0 Å². The van der Waals surface area contributed by atoms with Gasteiger partial charge in [0.05, 0.1) is 5.92 Å². The van der Waals surface area contributed by atoms with Gasteiger partial charge in [0.1, 0.15) is 12.4 Å². The molecule has 13 heavy (non-hydrogen) atoms. The second-order valence-corrected chi connectivity index (χ2v) is 3.80. The van der Waals surface area contributed by atoms with Crippen molar-refractivity contribution in [3.05, 3.63) is 0 Å². The Labute approximate surface area is 78.5 Å². The maximum absolute atomic E-state index is 11.4. The van der Waals surface area contributed by atoms with E-state index in [4.69, 9.17) is 4.74 Å². The molecule has 74 valence electrons. The van der Waals surface area contributed by atoms with Gasteiger partial charge >= 0.3 is 0 Å². The number of hydrogen-bond acceptors (Lipinski definition) is 3. The molecule has 0 bridgehead atoms. The maximum Gasteiger partial charge on any atom is 0.168 e. The van der Waals surface area contributed by atoms with Gasteiger partial charge in [-0.15, -0.1) is 0 Å². The third-order valence-corrected chi connectivity index (χ3v) is 2.59. The van der Waals surface area contributed by atoms with Crippen LogP contribution in [0.4, 0.5) is 0 Å². The summed E-state index contributed by atoms with van der Waals surface area (Å²) in [6, 6.07) is 0. The van der Waals surface area contributed by atoms with E-state index in [1.165, 1.54) is 7.11 Å². The molecule has 0 saturated heterocycles. The van der Waals surface area contributed by atoms with Gasteiger partial charge in [0.2, 0.25) is 0 Å². The van der Waals surface area contributed by atoms with E-state index in [2.05, 4.69) is 6.92 Å². The third-order valence-electron chi connectivity index (χ3n) is 2.59. The Kier molecular flexibility index (Phi) is 3.60. The van der Waals surface area contributed by atoms with E-state index in [1.54, 1.807) is 0 Å². The van der Waals surface area contributed by atoms with Gasteiger partial charge in [0.25, 0.3) is 0 Å². The lowest BCUT2D eigenvalue weighted by Crippen LogP contribution is -2.32. The number of Topliss-reactive ketones (excluding diaryl/α,β-unsaturated/α-hetero) is 2. The molecule has 3 heteroatoms. The highest BCUT2D eigenvalue weighted by Crippen LogP contribution is 2.26. The molecule has 1 saturated carbocycles. The fraction of sp³-hybridized carbons (Fsp3) is 0.800. The predicted octanol–water partition coefficient (Wildman–Crippen LogP) is 1.21. The number of rotatable bonds is 3. The summed E-state index contributed by atoms with van der Waals surface area (Å²) in [7, 11) is 1.48. The van der Waals surface area contributed by atoms with Gasteiger partial charge in [-0.2, -0.15) is 0 Å². The summed E-state index contributed by atoms with van der Waals surface area (Å²) < 4.78 is 4.74. The van der Waals surface area contributed by atoms with E-state index < -0.39 is 0 Å². The van der Waals surface area contributed by atoms with E-state index >= 15 is 0 Å². The van der Waals surface area contributed by atoms with Gasteiger partial charge in [-0.3, -0.25) is 9.59 Å². The Morgan fingerprint density at radius 1 is 1.62 bits per heavy atom. The van der Waals surface area contributed by atoms with Crippen molar-refractivity contribution in [3.63, 3.8) is 0 Å². The highest BCUT2D eigenvalue weighted by molar-refractivity contribution is 6.03. The lowest BCUT2D eigenvalue weighted by Gasteiger charge is -2.24. The summed E-state index contributed by atoms with van der Waals surface area (Å²) in [5.74, 6) is 0.145. The molecule has 0 aromatic carbocycles. The minimum Gasteiger partial charge on any atom is -0.377 e. The zero-order chi connectivity index (χ0) is 9.84. The lowest BCUT2D eigenvalue weighted by atomic mass is 9.79. The summed E-state index contributed by atoms with van der Waals surface area (Å²) in [5.41, 5.74) is 0. The van der Waals surface area contributed by atoms with Gasteiger partial charge < -0.3 is 4.74 Å². The number of hydrogen-bond donors (Lipinski definition) is 0. The molecule has 0 aliphatic heterocycles. The van der Waals surface area contributed by atoms with E-state index in [0.717, 1.165) is 6.42 Å². The molecule has 2 atom stereocenters. The standard InChI is InChI=1S/C10H16O3/c1-7-3-4-9(11)8(5-7)10(12)6-13-2/h7-8H,3-6H2,1-2H3. The number of methoxy groups -OCH3 is 1. The SMILES string of the molecule is COCC(=O)C1CC(C)CCC1=O. The molecule has 3 nitrogen and oxygen atoms in total. The molecule has 0 spiro atoms. The van der Waals surface area contributed by atoms with E-state index in [9.17, 15) is 9.59 Å². The second kappa shape index (κ2) is 4.51. The van der Waals surface area contributed by atoms with E-state index in [-0.39, 0.29) is 24.1 Å². The number of ether oxygens (including phenoxy) is 1. The van der Waals surface area contributed by atoms with Crippen LogP contribution in [0.1, 0.15) is 26.2 Å². The zero-order valence-electron chi connectivity index (χ0n) is 8.21. The van der Waals surface area contributed by atoms with Crippen LogP contribution in [-0.2, 0) is 14.3 Å². The Hall–Kier alpha value is -0.700. The number of carbonyl (C=O) groups excluding carboxylic acids is 2. The molecule has 0 radical (unpaired) electrons. The first-order valence-electron chi connectivity index (χ1n) is 4.69. The van der Waals surface area contributed by atoms with Crippen molar-refractivity contribution in [1.82, 2.24) is 0 Å². The van der Waals surface area contributed by atoms with Crippen molar-refractivity contribution in [2.24, 2.45) is 11.8 Å². The topological polar surface area (TPSA) is 43.4 Å². The molecule has 1 rings (SSSR count). The summed E-state index contributed by atoms with van der Waals surface area (Å²) in [4.78, 5) is 22.8. The van der Waals surface area contributed by atoms with Crippen LogP contribution in [0.5, 0.6) is 0 Å². The molecule has 0 aromatic heterocycles. The van der Waals surface area contributed by atoms with Crippen molar-refractivity contribution in [2.45, 2.75) is 26.2 Å². The molecule has 0 heterocycles. The average molecular weight is 184 g/mol. The molecule has 0 N–H and O–H groups in total. The summed E-state index contributed by atoms with van der Waals surface area (Å²) in [6.45, 7) is 2.16. The first kappa shape index (κ1) is 10.4. The van der Waals surface area contributed by atoms with Gasteiger partial charge in [-0.1, -0.05) is 6.92 Å². The molecular weight excluding hydrogens is 168 g/mol. The first-order valence-corrected chi connectivity index (χ1v) is 4.69. The fourth-order valence-corrected chi connectivity index (χ4v) is 1.77. The van der Waals surface area contributed by atoms with E-state index in [0.29, 0.717) is 18.8 Å². The number of carbonyl (C=O) groups is 2. The Morgan fingerprint density at radius 3 is 2.92 bits per heavy atom. The minimum absolute atomic E-state index is 0.0564. The molecule has 1 fully saturated rings. The van der Waals surface area contributed by atoms with Crippen molar-refractivity contribution in [2.75, 3.05) is 13.7 Å². The van der Waals surface area contributed by atoms with Crippen LogP contribution >= 0.6 is 0 Å². The smallest absolute Gasteiger partial charge is 0.168 e. The first-order chi connectivity index (χ1) is 6.15. The van der Waals surface area contributed by atoms with Gasteiger partial charge in [-0.25, -0.2) is 0 Å². The Balaban J connectivity index is 2.55. The molecule has 1 aliphatic rings. The van der Waals surface area contributed by atoms with Gasteiger partial charge in [0, 0.05) is 13.5 Å². The fourth-order valence-electron chi connectivity index (χ4n) is 1.77. The normalized spacial score (nSPS) is 28.9. The molecule has 1 aliphatic carbocycles. The van der Waals surface area contributed by atoms with Crippen LogP contribution in [-0.4, -0.2) is 25.3 Å². The van der Waals surface area contributed by atoms with Crippen LogP contribution in [0, 0.1) is 11.8 Å². The minimum atomic E-state index is -0.385. The highest BCUT2D eigenvalue weighted by Gasteiger charge is 2.31. The Morgan fingerprint density at radius 2 is 2.31 bits per heavy atom. The molecule has 2 unspecified atom stereocenters. The predicted molar refractivity (Wildman–Crippen MR) is 48.4 cm³/mol. The molecule has 0 amide bonds. The largest absolute Gasteiger partial charge is 0.377 e. The summed E-state index contributed by atoms with van der Waals surface area (Å²) >= 11 is 0. The van der Waals surface area contributed by atoms with Crippen LogP contribution < -0.4 is 0 Å². The van der Waals surface area contributed by atoms with Crippen molar-refractivity contribution in [1.29, 1.82) is 0 Å². The summed E-state index contributed by atoms with van der Waals surface area (Å²) in [6.07, 6.45) is 2.19. The third kappa shape index (κ3) is 2.62. The molecular formula is C10H16O3. The second-order valence-electron chi connectivity index (χ2n) is 3.80. The van der Waals surface area contributed by atoms with Crippen LogP contribution in [0.3, 0.4) is 0 Å². The van der Waals surface area contributed by atoms with Crippen molar-refractivity contribution in [3.8, 4) is 0 Å². The van der Waals surface area contributed by atoms with Crippen LogP contribution in [0.2, 0.25) is 0 Å². The van der Waals surface area contributed by atoms with Gasteiger partial charge in [-0.05, 0) is 18.8 Å². The Bertz CT molecular complexity index is 210. The zero-order valence-corrected chi connectivity index (χ0v) is 8.21. The summed E-state index contributed by atoms with van der Waals surface area (Å²) in [5, 5.41) is 0. The maximum atomic E-state index is 11.4. The quantitative estimate of drug-likeness (QED) is 0.619. The van der Waals surface area contributed by atoms with Gasteiger partial charge in [0.15, 0.2) is 5.78 Å². The highest BCUT2D eigenvalue weighted by atomic mass is 16.5. The lowest BCUT2D eigenvalue weighted by molar-refractivity contribution is -0.137. The van der Waals surface area contributed by atoms with Crippen LogP contribution in [0.25, 0.3) is 0 Å². The molecule has 0 aromatic rings.